The highest BCUT2D eigenvalue weighted by molar-refractivity contribution is 7.92. The molecule has 2 aromatic rings. The molecule has 0 saturated carbocycles. The fourth-order valence-electron chi connectivity index (χ4n) is 2.80. The van der Waals surface area contributed by atoms with Gasteiger partial charge in [-0.25, -0.2) is 8.42 Å². The lowest BCUT2D eigenvalue weighted by atomic mass is 10.1. The Morgan fingerprint density at radius 1 is 1.07 bits per heavy atom. The number of amides is 1. The molecule has 1 atom stereocenters. The highest BCUT2D eigenvalue weighted by Gasteiger charge is 2.32. The van der Waals surface area contributed by atoms with Crippen molar-refractivity contribution in [1.82, 2.24) is 0 Å². The van der Waals surface area contributed by atoms with E-state index >= 15 is 0 Å². The molecule has 2 aromatic carbocycles. The maximum Gasteiger partial charge on any atom is 0.248 e. The first-order valence-electron chi connectivity index (χ1n) is 8.37. The second kappa shape index (κ2) is 8.50. The lowest BCUT2D eigenvalue weighted by molar-refractivity contribution is -0.117. The van der Waals surface area contributed by atoms with Crippen LogP contribution in [0.4, 0.5) is 11.4 Å². The van der Waals surface area contributed by atoms with Gasteiger partial charge in [0.15, 0.2) is 0 Å². The van der Waals surface area contributed by atoms with Gasteiger partial charge in [-0.1, -0.05) is 42.3 Å². The Labute approximate surface area is 170 Å². The van der Waals surface area contributed by atoms with E-state index in [9.17, 15) is 13.2 Å². The lowest BCUT2D eigenvalue weighted by Crippen LogP contribution is -2.47. The van der Waals surface area contributed by atoms with Gasteiger partial charge in [0.05, 0.1) is 11.9 Å². The number of hydrogen-bond donors (Lipinski definition) is 1. The van der Waals surface area contributed by atoms with Crippen molar-refractivity contribution < 1.29 is 13.2 Å². The Bertz CT molecular complexity index is 961. The summed E-state index contributed by atoms with van der Waals surface area (Å²) in [5.74, 6) is -0.437. The van der Waals surface area contributed by atoms with Crippen molar-refractivity contribution in [2.45, 2.75) is 33.2 Å². The first-order chi connectivity index (χ1) is 12.5. The van der Waals surface area contributed by atoms with Crippen LogP contribution < -0.4 is 9.62 Å². The van der Waals surface area contributed by atoms with E-state index in [-0.39, 0.29) is 6.42 Å². The molecule has 0 heterocycles. The van der Waals surface area contributed by atoms with Gasteiger partial charge in [-0.2, -0.15) is 0 Å². The molecule has 0 bridgehead atoms. The molecule has 146 valence electrons. The SMILES string of the molecule is CCC(C(=O)Nc1cc(Cl)ccc1C)N(c1cc(Cl)ccc1C)S(C)(=O)=O. The van der Waals surface area contributed by atoms with E-state index in [4.69, 9.17) is 23.2 Å². The summed E-state index contributed by atoms with van der Waals surface area (Å²) in [4.78, 5) is 13.0. The molecule has 0 aliphatic rings. The number of carbonyl (C=O) groups excluding carboxylic acids is 1. The van der Waals surface area contributed by atoms with Gasteiger partial charge in [-0.05, 0) is 55.7 Å². The van der Waals surface area contributed by atoms with Gasteiger partial charge in [0.2, 0.25) is 15.9 Å². The van der Waals surface area contributed by atoms with Crippen molar-refractivity contribution >= 4 is 50.5 Å². The Hall–Kier alpha value is -1.76. The van der Waals surface area contributed by atoms with Crippen molar-refractivity contribution in [1.29, 1.82) is 0 Å². The van der Waals surface area contributed by atoms with Crippen molar-refractivity contribution in [3.05, 3.63) is 57.6 Å². The third-order valence-electron chi connectivity index (χ3n) is 4.20. The van der Waals surface area contributed by atoms with E-state index in [1.54, 1.807) is 50.2 Å². The Morgan fingerprint density at radius 3 is 2.19 bits per heavy atom. The van der Waals surface area contributed by atoms with Crippen LogP contribution in [-0.2, 0) is 14.8 Å². The zero-order chi connectivity index (χ0) is 20.4. The largest absolute Gasteiger partial charge is 0.324 e. The maximum absolute atomic E-state index is 13.0. The van der Waals surface area contributed by atoms with Crippen LogP contribution in [0.3, 0.4) is 0 Å². The van der Waals surface area contributed by atoms with E-state index in [1.807, 2.05) is 6.92 Å². The van der Waals surface area contributed by atoms with Crippen molar-refractivity contribution in [3.63, 3.8) is 0 Å². The third-order valence-corrected chi connectivity index (χ3v) is 5.83. The highest BCUT2D eigenvalue weighted by atomic mass is 35.5. The predicted octanol–water partition coefficient (Wildman–Crippen LogP) is 4.79. The number of nitrogens with one attached hydrogen (secondary N) is 1. The van der Waals surface area contributed by atoms with Crippen molar-refractivity contribution in [3.8, 4) is 0 Å². The number of halogens is 2. The Balaban J connectivity index is 2.48. The van der Waals surface area contributed by atoms with Gasteiger partial charge in [-0.15, -0.1) is 0 Å². The normalized spacial score (nSPS) is 12.5. The van der Waals surface area contributed by atoms with E-state index in [0.717, 1.165) is 16.1 Å². The van der Waals surface area contributed by atoms with Crippen LogP contribution in [0, 0.1) is 13.8 Å². The summed E-state index contributed by atoms with van der Waals surface area (Å²) in [6.45, 7) is 5.37. The summed E-state index contributed by atoms with van der Waals surface area (Å²) in [5, 5.41) is 3.67. The number of nitrogens with zero attached hydrogens (tertiary/aromatic N) is 1. The molecular formula is C19H22Cl2N2O3S. The number of sulfonamides is 1. The molecule has 5 nitrogen and oxygen atoms in total. The van der Waals surface area contributed by atoms with Crippen LogP contribution in [0.25, 0.3) is 0 Å². The van der Waals surface area contributed by atoms with Crippen LogP contribution in [0.5, 0.6) is 0 Å². The number of aryl methyl sites for hydroxylation is 2. The fraction of sp³-hybridized carbons (Fsp3) is 0.316. The van der Waals surface area contributed by atoms with Gasteiger partial charge in [0.25, 0.3) is 0 Å². The number of carbonyl (C=O) groups is 1. The summed E-state index contributed by atoms with van der Waals surface area (Å²) in [6, 6.07) is 9.17. The second-order valence-electron chi connectivity index (χ2n) is 6.36. The summed E-state index contributed by atoms with van der Waals surface area (Å²) in [6.07, 6.45) is 1.36. The van der Waals surface area contributed by atoms with Crippen LogP contribution >= 0.6 is 23.2 Å². The third kappa shape index (κ3) is 5.15. The quantitative estimate of drug-likeness (QED) is 0.718. The molecule has 0 aliphatic heterocycles. The molecule has 0 aromatic heterocycles. The van der Waals surface area contributed by atoms with Crippen LogP contribution in [-0.4, -0.2) is 26.6 Å². The van der Waals surface area contributed by atoms with E-state index < -0.39 is 22.0 Å². The summed E-state index contributed by atoms with van der Waals surface area (Å²) < 4.78 is 26.2. The average Bonchev–Trinajstić information content (AvgIpc) is 2.57. The van der Waals surface area contributed by atoms with Crippen molar-refractivity contribution in [2.24, 2.45) is 0 Å². The summed E-state index contributed by atoms with van der Waals surface area (Å²) >= 11 is 12.1. The van der Waals surface area contributed by atoms with Gasteiger partial charge in [0, 0.05) is 15.7 Å². The monoisotopic (exact) mass is 428 g/mol. The molecular weight excluding hydrogens is 407 g/mol. The predicted molar refractivity (Wildman–Crippen MR) is 112 cm³/mol. The fourth-order valence-corrected chi connectivity index (χ4v) is 4.40. The minimum atomic E-state index is -3.74. The smallest absolute Gasteiger partial charge is 0.248 e. The number of anilines is 2. The molecule has 0 saturated heterocycles. The molecule has 1 N–H and O–H groups in total. The van der Waals surface area contributed by atoms with Crippen LogP contribution in [0.2, 0.25) is 10.0 Å². The summed E-state index contributed by atoms with van der Waals surface area (Å²) in [7, 11) is -3.74. The average molecular weight is 429 g/mol. The lowest BCUT2D eigenvalue weighted by Gasteiger charge is -2.31. The first kappa shape index (κ1) is 21.5. The molecule has 1 unspecified atom stereocenters. The van der Waals surface area contributed by atoms with E-state index in [1.165, 1.54) is 0 Å². The molecule has 2 rings (SSSR count). The Morgan fingerprint density at radius 2 is 1.63 bits per heavy atom. The zero-order valence-electron chi connectivity index (χ0n) is 15.6. The molecule has 0 spiro atoms. The van der Waals surface area contributed by atoms with E-state index in [0.29, 0.717) is 27.0 Å². The highest BCUT2D eigenvalue weighted by Crippen LogP contribution is 2.30. The number of hydrogen-bond acceptors (Lipinski definition) is 3. The zero-order valence-corrected chi connectivity index (χ0v) is 17.9. The number of benzene rings is 2. The topological polar surface area (TPSA) is 66.5 Å². The standard InChI is InChI=1S/C19H22Cl2N2O3S/c1-5-17(19(24)22-16-10-14(20)8-6-12(16)2)23(27(4,25)26)18-11-15(21)9-7-13(18)3/h6-11,17H,5H2,1-4H3,(H,22,24). The summed E-state index contributed by atoms with van der Waals surface area (Å²) in [5.41, 5.74) is 2.46. The molecule has 0 radical (unpaired) electrons. The molecule has 0 fully saturated rings. The Kier molecular flexibility index (Phi) is 6.78. The van der Waals surface area contributed by atoms with Gasteiger partial charge in [-0.3, -0.25) is 9.10 Å². The molecule has 8 heteroatoms. The minimum Gasteiger partial charge on any atom is -0.324 e. The first-order valence-corrected chi connectivity index (χ1v) is 11.0. The van der Waals surface area contributed by atoms with Gasteiger partial charge in [0.1, 0.15) is 6.04 Å². The minimum absolute atomic E-state index is 0.282. The van der Waals surface area contributed by atoms with E-state index in [2.05, 4.69) is 5.32 Å². The number of rotatable bonds is 6. The van der Waals surface area contributed by atoms with Gasteiger partial charge >= 0.3 is 0 Å². The van der Waals surface area contributed by atoms with Crippen LogP contribution in [0.15, 0.2) is 36.4 Å². The molecule has 0 aliphatic carbocycles. The maximum atomic E-state index is 13.0. The van der Waals surface area contributed by atoms with Crippen molar-refractivity contribution in [2.75, 3.05) is 15.9 Å². The molecule has 1 amide bonds. The van der Waals surface area contributed by atoms with Gasteiger partial charge < -0.3 is 5.32 Å². The molecule has 27 heavy (non-hydrogen) atoms. The second-order valence-corrected chi connectivity index (χ2v) is 9.09. The van der Waals surface area contributed by atoms with Crippen LogP contribution in [0.1, 0.15) is 24.5 Å².